The summed E-state index contributed by atoms with van der Waals surface area (Å²) in [6, 6.07) is 3.50. The molecule has 0 aliphatic rings. The molecule has 4 nitrogen and oxygen atoms in total. The maximum Gasteiger partial charge on any atom is 0.347 e. The van der Waals surface area contributed by atoms with Crippen molar-refractivity contribution in [2.24, 2.45) is 0 Å². The summed E-state index contributed by atoms with van der Waals surface area (Å²) in [5.74, 6) is -0.315. The van der Waals surface area contributed by atoms with Crippen molar-refractivity contribution in [2.45, 2.75) is 17.0 Å². The van der Waals surface area contributed by atoms with Gasteiger partial charge < -0.3 is 5.11 Å². The lowest BCUT2D eigenvalue weighted by atomic mass is 10.4. The van der Waals surface area contributed by atoms with Crippen molar-refractivity contribution >= 4 is 40.7 Å². The molecule has 0 radical (unpaired) electrons. The van der Waals surface area contributed by atoms with Gasteiger partial charge in [-0.05, 0) is 19.1 Å². The van der Waals surface area contributed by atoms with E-state index in [-0.39, 0.29) is 4.88 Å². The first-order chi connectivity index (χ1) is 8.56. The summed E-state index contributed by atoms with van der Waals surface area (Å²) >= 11 is 8.50. The van der Waals surface area contributed by atoms with Gasteiger partial charge in [-0.25, -0.2) is 9.78 Å². The number of nitrogens with zero attached hydrogens (tertiary/aromatic N) is 2. The highest BCUT2D eigenvalue weighted by Gasteiger charge is 2.14. The number of hydrogen-bond acceptors (Lipinski definition) is 5. The summed E-state index contributed by atoms with van der Waals surface area (Å²) in [6.45, 7) is 1.70. The van der Waals surface area contributed by atoms with Gasteiger partial charge in [0.25, 0.3) is 0 Å². The largest absolute Gasteiger partial charge is 0.477 e. The van der Waals surface area contributed by atoms with E-state index >= 15 is 0 Å². The minimum Gasteiger partial charge on any atom is -0.477 e. The number of hydrogen-bond donors (Lipinski definition) is 1. The van der Waals surface area contributed by atoms with E-state index in [4.69, 9.17) is 16.7 Å². The minimum absolute atomic E-state index is 0.288. The SMILES string of the molecule is Cc1nc(SCc2cc(Cl)ccn2)sc1C(=O)O. The van der Waals surface area contributed by atoms with Gasteiger partial charge in [-0.2, -0.15) is 0 Å². The Morgan fingerprint density at radius 3 is 3.00 bits per heavy atom. The van der Waals surface area contributed by atoms with Crippen LogP contribution in [0, 0.1) is 6.92 Å². The van der Waals surface area contributed by atoms with Gasteiger partial charge in [0.2, 0.25) is 0 Å². The first-order valence-electron chi connectivity index (χ1n) is 5.00. The van der Waals surface area contributed by atoms with Crippen LogP contribution < -0.4 is 0 Å². The maximum absolute atomic E-state index is 10.9. The summed E-state index contributed by atoms with van der Waals surface area (Å²) < 4.78 is 0.728. The third-order valence-electron chi connectivity index (χ3n) is 2.09. The lowest BCUT2D eigenvalue weighted by Crippen LogP contribution is -1.94. The summed E-state index contributed by atoms with van der Waals surface area (Å²) in [5.41, 5.74) is 1.39. The van der Waals surface area contributed by atoms with Crippen LogP contribution in [0.4, 0.5) is 0 Å². The number of pyridine rings is 1. The zero-order chi connectivity index (χ0) is 13.1. The molecule has 0 aromatic carbocycles. The smallest absolute Gasteiger partial charge is 0.347 e. The van der Waals surface area contributed by atoms with Crippen LogP contribution in [0.25, 0.3) is 0 Å². The highest BCUT2D eigenvalue weighted by atomic mass is 35.5. The Balaban J connectivity index is 2.06. The fourth-order valence-electron chi connectivity index (χ4n) is 1.30. The molecule has 0 atom stereocenters. The summed E-state index contributed by atoms with van der Waals surface area (Å²) in [7, 11) is 0. The van der Waals surface area contributed by atoms with Gasteiger partial charge in [0.15, 0.2) is 4.34 Å². The zero-order valence-corrected chi connectivity index (χ0v) is 11.8. The topological polar surface area (TPSA) is 63.1 Å². The predicted octanol–water partition coefficient (Wildman–Crippen LogP) is 3.49. The Bertz CT molecular complexity index is 586. The third-order valence-corrected chi connectivity index (χ3v) is 4.65. The van der Waals surface area contributed by atoms with Gasteiger partial charge in [-0.1, -0.05) is 23.4 Å². The highest BCUT2D eigenvalue weighted by molar-refractivity contribution is 8.00. The van der Waals surface area contributed by atoms with Crippen molar-refractivity contribution in [1.82, 2.24) is 9.97 Å². The average Bonchev–Trinajstić information content (AvgIpc) is 2.68. The molecule has 0 spiro atoms. The number of thiazole rings is 1. The van der Waals surface area contributed by atoms with Gasteiger partial charge in [0.05, 0.1) is 11.4 Å². The molecule has 0 aliphatic carbocycles. The number of thioether (sulfide) groups is 1. The number of halogens is 1. The van der Waals surface area contributed by atoms with E-state index in [9.17, 15) is 4.79 Å². The van der Waals surface area contributed by atoms with E-state index in [0.29, 0.717) is 16.5 Å². The van der Waals surface area contributed by atoms with Crippen LogP contribution in [0.5, 0.6) is 0 Å². The van der Waals surface area contributed by atoms with E-state index in [1.54, 1.807) is 25.3 Å². The van der Waals surface area contributed by atoms with Gasteiger partial charge in [0.1, 0.15) is 4.88 Å². The first-order valence-corrected chi connectivity index (χ1v) is 7.18. The normalized spacial score (nSPS) is 10.6. The lowest BCUT2D eigenvalue weighted by molar-refractivity contribution is 0.0701. The van der Waals surface area contributed by atoms with Crippen LogP contribution >= 0.6 is 34.7 Å². The van der Waals surface area contributed by atoms with Crippen LogP contribution in [0.2, 0.25) is 5.02 Å². The lowest BCUT2D eigenvalue weighted by Gasteiger charge is -1.98. The van der Waals surface area contributed by atoms with Crippen LogP contribution in [-0.4, -0.2) is 21.0 Å². The van der Waals surface area contributed by atoms with Crippen LogP contribution in [-0.2, 0) is 5.75 Å². The molecule has 18 heavy (non-hydrogen) atoms. The number of aryl methyl sites for hydroxylation is 1. The van der Waals surface area contributed by atoms with Crippen LogP contribution in [0.15, 0.2) is 22.7 Å². The molecule has 7 heteroatoms. The molecule has 2 aromatic heterocycles. The Kier molecular flexibility index (Phi) is 4.21. The second-order valence-electron chi connectivity index (χ2n) is 3.45. The molecular formula is C11H9ClN2O2S2. The Labute approximate surface area is 117 Å². The molecule has 0 saturated heterocycles. The molecule has 2 aromatic rings. The molecule has 0 fully saturated rings. The van der Waals surface area contributed by atoms with Gasteiger partial charge in [0, 0.05) is 17.0 Å². The molecule has 0 aliphatic heterocycles. The molecule has 0 amide bonds. The summed E-state index contributed by atoms with van der Waals surface area (Å²) in [6.07, 6.45) is 1.65. The quantitative estimate of drug-likeness (QED) is 0.876. The average molecular weight is 301 g/mol. The van der Waals surface area contributed by atoms with Crippen LogP contribution in [0.3, 0.4) is 0 Å². The molecule has 1 N–H and O–H groups in total. The van der Waals surface area contributed by atoms with Crippen molar-refractivity contribution in [3.63, 3.8) is 0 Å². The van der Waals surface area contributed by atoms with Gasteiger partial charge in [-0.3, -0.25) is 4.98 Å². The maximum atomic E-state index is 10.9. The molecule has 2 rings (SSSR count). The molecule has 94 valence electrons. The van der Waals surface area contributed by atoms with E-state index in [0.717, 1.165) is 10.0 Å². The van der Waals surface area contributed by atoms with Crippen molar-refractivity contribution in [2.75, 3.05) is 0 Å². The fourth-order valence-corrected chi connectivity index (χ4v) is 3.41. The van der Waals surface area contributed by atoms with Crippen molar-refractivity contribution in [1.29, 1.82) is 0 Å². The van der Waals surface area contributed by atoms with E-state index in [1.807, 2.05) is 0 Å². The number of carbonyl (C=O) groups is 1. The van der Waals surface area contributed by atoms with Crippen molar-refractivity contribution in [3.05, 3.63) is 39.6 Å². The molecule has 2 heterocycles. The second-order valence-corrected chi connectivity index (χ2v) is 6.11. The summed E-state index contributed by atoms with van der Waals surface area (Å²) in [5, 5.41) is 9.57. The highest BCUT2D eigenvalue weighted by Crippen LogP contribution is 2.29. The predicted molar refractivity (Wildman–Crippen MR) is 72.6 cm³/mol. The molecule has 0 unspecified atom stereocenters. The number of carboxylic acid groups (broad SMARTS) is 1. The van der Waals surface area contributed by atoms with Crippen molar-refractivity contribution in [3.8, 4) is 0 Å². The number of carboxylic acids is 1. The number of rotatable bonds is 4. The summed E-state index contributed by atoms with van der Waals surface area (Å²) in [4.78, 5) is 19.6. The minimum atomic E-state index is -0.933. The Morgan fingerprint density at radius 2 is 2.39 bits per heavy atom. The fraction of sp³-hybridized carbons (Fsp3) is 0.182. The van der Waals surface area contributed by atoms with Crippen LogP contribution in [0.1, 0.15) is 21.1 Å². The second kappa shape index (κ2) is 5.69. The van der Waals surface area contributed by atoms with Gasteiger partial charge in [-0.15, -0.1) is 11.3 Å². The Hall–Kier alpha value is -1.11. The van der Waals surface area contributed by atoms with Crippen molar-refractivity contribution < 1.29 is 9.90 Å². The number of aromatic nitrogens is 2. The monoisotopic (exact) mass is 300 g/mol. The first kappa shape index (κ1) is 13.3. The molecule has 0 bridgehead atoms. The van der Waals surface area contributed by atoms with E-state index in [1.165, 1.54) is 23.1 Å². The standard InChI is InChI=1S/C11H9ClN2O2S2/c1-6-9(10(15)16)18-11(14-6)17-5-8-4-7(12)2-3-13-8/h2-4H,5H2,1H3,(H,15,16). The van der Waals surface area contributed by atoms with E-state index < -0.39 is 5.97 Å². The molecule has 0 saturated carbocycles. The van der Waals surface area contributed by atoms with E-state index in [2.05, 4.69) is 9.97 Å². The Morgan fingerprint density at radius 1 is 1.61 bits per heavy atom. The third kappa shape index (κ3) is 3.22. The molecular weight excluding hydrogens is 292 g/mol. The zero-order valence-electron chi connectivity index (χ0n) is 9.38. The number of aromatic carboxylic acids is 1. The van der Waals surface area contributed by atoms with Gasteiger partial charge >= 0.3 is 5.97 Å².